The lowest BCUT2D eigenvalue weighted by molar-refractivity contribution is -0.115. The Bertz CT molecular complexity index is 899. The molecule has 0 bridgehead atoms. The first-order chi connectivity index (χ1) is 11.5. The number of carbonyl (C=O) groups is 1. The van der Waals surface area contributed by atoms with E-state index in [0.717, 1.165) is 16.3 Å². The zero-order valence-corrected chi connectivity index (χ0v) is 14.3. The van der Waals surface area contributed by atoms with Crippen LogP contribution in [0.5, 0.6) is 0 Å². The second-order valence-corrected chi connectivity index (χ2v) is 7.37. The average Bonchev–Trinajstić information content (AvgIpc) is 2.99. The lowest BCUT2D eigenvalue weighted by Gasteiger charge is -2.12. The van der Waals surface area contributed by atoms with E-state index in [-0.39, 0.29) is 5.91 Å². The molecule has 24 heavy (non-hydrogen) atoms. The summed E-state index contributed by atoms with van der Waals surface area (Å²) in [6.45, 7) is 3.40. The van der Waals surface area contributed by atoms with E-state index in [9.17, 15) is 9.00 Å². The van der Waals surface area contributed by atoms with Crippen molar-refractivity contribution >= 4 is 33.3 Å². The average molecular weight is 342 g/mol. The predicted octanol–water partition coefficient (Wildman–Crippen LogP) is 3.41. The maximum absolute atomic E-state index is 12.6. The van der Waals surface area contributed by atoms with E-state index in [1.54, 1.807) is 19.9 Å². The zero-order valence-electron chi connectivity index (χ0n) is 13.5. The lowest BCUT2D eigenvalue weighted by Crippen LogP contribution is -2.29. The molecular formula is C18H18N2O3S. The minimum atomic E-state index is -1.34. The highest BCUT2D eigenvalue weighted by atomic mass is 32.2. The van der Waals surface area contributed by atoms with E-state index in [0.29, 0.717) is 17.3 Å². The quantitative estimate of drug-likeness (QED) is 0.771. The van der Waals surface area contributed by atoms with Crippen LogP contribution in [0.25, 0.3) is 10.8 Å². The highest BCUT2D eigenvalue weighted by Gasteiger charge is 2.21. The molecule has 1 amide bonds. The van der Waals surface area contributed by atoms with E-state index >= 15 is 0 Å². The summed E-state index contributed by atoms with van der Waals surface area (Å²) in [6.07, 6.45) is 0. The summed E-state index contributed by atoms with van der Waals surface area (Å²) in [7, 11) is -1.34. The minimum Gasteiger partial charge on any atom is -0.360 e. The number of fused-ring (bicyclic) bond motifs is 1. The number of carbonyl (C=O) groups excluding carboxylic acids is 1. The molecule has 1 aromatic heterocycles. The molecule has 0 aliphatic carbocycles. The summed E-state index contributed by atoms with van der Waals surface area (Å²) in [5.41, 5.74) is 0.975. The second kappa shape index (κ2) is 6.97. The molecule has 3 aromatic rings. The van der Waals surface area contributed by atoms with Crippen molar-refractivity contribution in [1.82, 2.24) is 5.16 Å². The summed E-state index contributed by atoms with van der Waals surface area (Å²) in [5.74, 6) is 0.941. The fourth-order valence-corrected chi connectivity index (χ4v) is 3.58. The van der Waals surface area contributed by atoms with Gasteiger partial charge in [-0.1, -0.05) is 47.6 Å². The minimum absolute atomic E-state index is 0.327. The van der Waals surface area contributed by atoms with E-state index < -0.39 is 16.0 Å². The van der Waals surface area contributed by atoms with Gasteiger partial charge in [0.25, 0.3) is 0 Å². The molecule has 2 atom stereocenters. The van der Waals surface area contributed by atoms with Crippen LogP contribution in [0.4, 0.5) is 5.82 Å². The van der Waals surface area contributed by atoms with Crippen LogP contribution in [-0.4, -0.2) is 20.5 Å². The van der Waals surface area contributed by atoms with Crippen LogP contribution < -0.4 is 5.32 Å². The van der Waals surface area contributed by atoms with Crippen molar-refractivity contribution < 1.29 is 13.5 Å². The number of hydrogen-bond donors (Lipinski definition) is 1. The second-order valence-electron chi connectivity index (χ2n) is 5.62. The normalized spacial score (nSPS) is 13.6. The van der Waals surface area contributed by atoms with Crippen molar-refractivity contribution in [3.05, 3.63) is 59.9 Å². The van der Waals surface area contributed by atoms with Crippen LogP contribution in [0.3, 0.4) is 0 Å². The fraction of sp³-hybridized carbons (Fsp3) is 0.222. The smallest absolute Gasteiger partial charge is 0.241 e. The zero-order chi connectivity index (χ0) is 17.1. The standard InChI is InChI=1S/C18H18N2O3S/c1-12-10-17(20-23-12)19-18(21)13(2)24(22)11-15-8-5-7-14-6-3-4-9-16(14)15/h3-10,13H,11H2,1-2H3,(H,19,20,21). The van der Waals surface area contributed by atoms with E-state index in [4.69, 9.17) is 4.52 Å². The molecule has 6 heteroatoms. The molecule has 2 unspecified atom stereocenters. The van der Waals surface area contributed by atoms with Crippen molar-refractivity contribution in [1.29, 1.82) is 0 Å². The number of nitrogens with zero attached hydrogens (tertiary/aromatic N) is 1. The number of nitrogens with one attached hydrogen (secondary N) is 1. The third kappa shape index (κ3) is 3.54. The van der Waals surface area contributed by atoms with Crippen LogP contribution >= 0.6 is 0 Å². The fourth-order valence-electron chi connectivity index (χ4n) is 2.47. The molecule has 124 valence electrons. The highest BCUT2D eigenvalue weighted by molar-refractivity contribution is 7.85. The van der Waals surface area contributed by atoms with Crippen molar-refractivity contribution in [2.75, 3.05) is 5.32 Å². The molecule has 1 heterocycles. The van der Waals surface area contributed by atoms with Gasteiger partial charge in [-0.3, -0.25) is 9.00 Å². The summed E-state index contributed by atoms with van der Waals surface area (Å²) in [4.78, 5) is 12.2. The predicted molar refractivity (Wildman–Crippen MR) is 95.1 cm³/mol. The highest BCUT2D eigenvalue weighted by Crippen LogP contribution is 2.21. The number of anilines is 1. The summed E-state index contributed by atoms with van der Waals surface area (Å²) in [5, 5.41) is 7.86. The van der Waals surface area contributed by atoms with Crippen molar-refractivity contribution in [3.8, 4) is 0 Å². The molecule has 0 saturated heterocycles. The topological polar surface area (TPSA) is 72.2 Å². The van der Waals surface area contributed by atoms with E-state index in [1.165, 1.54) is 0 Å². The Morgan fingerprint density at radius 2 is 2.00 bits per heavy atom. The van der Waals surface area contributed by atoms with Gasteiger partial charge in [-0.05, 0) is 30.2 Å². The maximum Gasteiger partial charge on any atom is 0.241 e. The third-order valence-corrected chi connectivity index (χ3v) is 5.42. The summed E-state index contributed by atoms with van der Waals surface area (Å²) >= 11 is 0. The van der Waals surface area contributed by atoms with Gasteiger partial charge in [0.15, 0.2) is 5.82 Å². The largest absolute Gasteiger partial charge is 0.360 e. The van der Waals surface area contributed by atoms with Crippen LogP contribution in [-0.2, 0) is 21.3 Å². The van der Waals surface area contributed by atoms with Gasteiger partial charge in [0.1, 0.15) is 11.0 Å². The molecule has 0 aliphatic heterocycles. The molecule has 2 aromatic carbocycles. The lowest BCUT2D eigenvalue weighted by atomic mass is 10.1. The van der Waals surface area contributed by atoms with Gasteiger partial charge < -0.3 is 9.84 Å². The first-order valence-corrected chi connectivity index (χ1v) is 9.01. The number of rotatable bonds is 5. The van der Waals surface area contributed by atoms with Gasteiger partial charge in [-0.15, -0.1) is 0 Å². The first-order valence-electron chi connectivity index (χ1n) is 7.62. The molecular weight excluding hydrogens is 324 g/mol. The van der Waals surface area contributed by atoms with Crippen LogP contribution in [0, 0.1) is 6.92 Å². The Labute approximate surface area is 142 Å². The Balaban J connectivity index is 1.72. The van der Waals surface area contributed by atoms with Crippen molar-refractivity contribution in [2.45, 2.75) is 24.9 Å². The molecule has 0 fully saturated rings. The van der Waals surface area contributed by atoms with Gasteiger partial charge in [0.05, 0.1) is 0 Å². The Morgan fingerprint density at radius 3 is 2.75 bits per heavy atom. The number of aryl methyl sites for hydroxylation is 1. The van der Waals surface area contributed by atoms with Crippen molar-refractivity contribution in [2.24, 2.45) is 0 Å². The van der Waals surface area contributed by atoms with Gasteiger partial charge in [0, 0.05) is 22.6 Å². The van der Waals surface area contributed by atoms with Gasteiger partial charge in [-0.2, -0.15) is 0 Å². The monoisotopic (exact) mass is 342 g/mol. The number of aromatic nitrogens is 1. The molecule has 3 rings (SSSR count). The molecule has 0 saturated carbocycles. The Morgan fingerprint density at radius 1 is 1.25 bits per heavy atom. The number of benzene rings is 2. The molecule has 0 spiro atoms. The van der Waals surface area contributed by atoms with Gasteiger partial charge in [-0.25, -0.2) is 0 Å². The van der Waals surface area contributed by atoms with Crippen LogP contribution in [0.1, 0.15) is 18.2 Å². The van der Waals surface area contributed by atoms with Gasteiger partial charge >= 0.3 is 0 Å². The third-order valence-electron chi connectivity index (χ3n) is 3.82. The molecule has 0 aliphatic rings. The number of amides is 1. The SMILES string of the molecule is Cc1cc(NC(=O)C(C)S(=O)Cc2cccc3ccccc23)no1. The Kier molecular flexibility index (Phi) is 4.76. The number of hydrogen-bond acceptors (Lipinski definition) is 4. The van der Waals surface area contributed by atoms with Crippen molar-refractivity contribution in [3.63, 3.8) is 0 Å². The summed E-state index contributed by atoms with van der Waals surface area (Å²) < 4.78 is 17.5. The Hall–Kier alpha value is -2.47. The van der Waals surface area contributed by atoms with Crippen LogP contribution in [0.15, 0.2) is 53.1 Å². The van der Waals surface area contributed by atoms with E-state index in [1.807, 2.05) is 42.5 Å². The van der Waals surface area contributed by atoms with Gasteiger partial charge in [0.2, 0.25) is 5.91 Å². The molecule has 0 radical (unpaired) electrons. The maximum atomic E-state index is 12.6. The summed E-state index contributed by atoms with van der Waals surface area (Å²) in [6, 6.07) is 15.5. The molecule has 5 nitrogen and oxygen atoms in total. The molecule has 1 N–H and O–H groups in total. The first kappa shape index (κ1) is 16.4. The van der Waals surface area contributed by atoms with E-state index in [2.05, 4.69) is 10.5 Å². The van der Waals surface area contributed by atoms with Crippen LogP contribution in [0.2, 0.25) is 0 Å².